The van der Waals surface area contributed by atoms with Crippen LogP contribution in [-0.4, -0.2) is 34.0 Å². The van der Waals surface area contributed by atoms with Crippen LogP contribution in [0.5, 0.6) is 0 Å². The number of aliphatic hydroxyl groups excluding tert-OH is 1. The monoisotopic (exact) mass is 273 g/mol. The maximum atomic E-state index is 9.84. The number of carbonyl (C=O) groups is 1. The van der Waals surface area contributed by atoms with Crippen LogP contribution in [0, 0.1) is 5.92 Å². The van der Waals surface area contributed by atoms with Crippen molar-refractivity contribution in [3.63, 3.8) is 0 Å². The zero-order valence-electron chi connectivity index (χ0n) is 11.9. The van der Waals surface area contributed by atoms with Gasteiger partial charge in [0.2, 0.25) is 0 Å². The van der Waals surface area contributed by atoms with E-state index in [1.807, 2.05) is 0 Å². The summed E-state index contributed by atoms with van der Waals surface area (Å²) in [5.74, 6) is 4.59. The quantitative estimate of drug-likeness (QED) is 0.339. The Hall–Kier alpha value is -1.14. The first-order valence-electron chi connectivity index (χ1n) is 6.81. The molecule has 6 nitrogen and oxygen atoms in total. The fourth-order valence-corrected chi connectivity index (χ4v) is 2.24. The summed E-state index contributed by atoms with van der Waals surface area (Å²) >= 11 is 0. The zero-order valence-corrected chi connectivity index (χ0v) is 11.9. The number of rotatable bonds is 5. The first-order valence-corrected chi connectivity index (χ1v) is 6.81. The molecule has 0 heterocycles. The third-order valence-corrected chi connectivity index (χ3v) is 3.43. The zero-order chi connectivity index (χ0) is 14.9. The third-order valence-electron chi connectivity index (χ3n) is 3.43. The lowest BCUT2D eigenvalue weighted by atomic mass is 9.89. The highest BCUT2D eigenvalue weighted by molar-refractivity contribution is 5.66. The van der Waals surface area contributed by atoms with E-state index in [9.17, 15) is 9.90 Å². The van der Waals surface area contributed by atoms with Crippen molar-refractivity contribution in [3.05, 3.63) is 0 Å². The topological polar surface area (TPSA) is 122 Å². The molecule has 0 bridgehead atoms. The number of nitrogens with two attached hydrogens (primary N) is 2. The van der Waals surface area contributed by atoms with Crippen LogP contribution >= 0.6 is 0 Å². The molecule has 1 saturated carbocycles. The van der Waals surface area contributed by atoms with Gasteiger partial charge in [-0.05, 0) is 19.3 Å². The number of unbranched alkanes of at least 4 members (excludes halogenated alkanes) is 1. The Kier molecular flexibility index (Phi) is 8.34. The minimum atomic E-state index is -0.745. The third kappa shape index (κ3) is 6.54. The van der Waals surface area contributed by atoms with Crippen molar-refractivity contribution in [1.29, 1.82) is 0 Å². The van der Waals surface area contributed by atoms with E-state index in [-0.39, 0.29) is 12.3 Å². The first-order chi connectivity index (χ1) is 8.89. The predicted octanol–water partition coefficient (Wildman–Crippen LogP) is 1.07. The van der Waals surface area contributed by atoms with Crippen molar-refractivity contribution in [2.24, 2.45) is 22.6 Å². The minimum Gasteiger partial charge on any atom is -0.481 e. The van der Waals surface area contributed by atoms with Crippen LogP contribution in [-0.2, 0) is 4.79 Å². The number of hydrogen-bond acceptors (Lipinski definition) is 5. The summed E-state index contributed by atoms with van der Waals surface area (Å²) in [5.41, 5.74) is 5.74. The van der Waals surface area contributed by atoms with E-state index < -0.39 is 17.6 Å². The van der Waals surface area contributed by atoms with Gasteiger partial charge in [-0.1, -0.05) is 26.7 Å². The average molecular weight is 273 g/mol. The van der Waals surface area contributed by atoms with Gasteiger partial charge in [-0.3, -0.25) is 4.79 Å². The second-order valence-electron chi connectivity index (χ2n) is 5.10. The molecule has 6 N–H and O–H groups in total. The summed E-state index contributed by atoms with van der Waals surface area (Å²) in [5, 5.41) is 21.1. The lowest BCUT2D eigenvalue weighted by Gasteiger charge is -2.27. The second-order valence-corrected chi connectivity index (χ2v) is 5.10. The van der Waals surface area contributed by atoms with Gasteiger partial charge in [-0.15, -0.1) is 0 Å². The normalized spacial score (nSPS) is 30.1. The molecule has 0 saturated heterocycles. The van der Waals surface area contributed by atoms with Crippen molar-refractivity contribution in [1.82, 2.24) is 0 Å². The maximum absolute atomic E-state index is 9.84. The molecule has 1 fully saturated rings. The SMILES string of the molecule is CCC(=O)O.CCCCC1(N)CC(C=NN)CC1O. The standard InChI is InChI=1S/C10H21N3O.C3H6O2/c1-2-3-4-10(11)6-8(7-13-12)5-9(10)14;1-2-3(4)5/h7-9,14H,2-6,11-12H2,1H3;2H2,1H3,(H,4,5). The Morgan fingerprint density at radius 2 is 2.11 bits per heavy atom. The van der Waals surface area contributed by atoms with Gasteiger partial charge < -0.3 is 21.8 Å². The molecule has 6 heteroatoms. The highest BCUT2D eigenvalue weighted by Crippen LogP contribution is 2.35. The molecule has 0 amide bonds. The highest BCUT2D eigenvalue weighted by atomic mass is 16.4. The molecular formula is C13H27N3O3. The molecule has 3 atom stereocenters. The fraction of sp³-hybridized carbons (Fsp3) is 0.846. The van der Waals surface area contributed by atoms with Crippen LogP contribution in [0.15, 0.2) is 5.10 Å². The lowest BCUT2D eigenvalue weighted by Crippen LogP contribution is -2.46. The van der Waals surface area contributed by atoms with Crippen LogP contribution in [0.25, 0.3) is 0 Å². The van der Waals surface area contributed by atoms with Crippen molar-refractivity contribution in [3.8, 4) is 0 Å². The molecule has 0 spiro atoms. The van der Waals surface area contributed by atoms with Crippen molar-refractivity contribution in [2.75, 3.05) is 0 Å². The number of nitrogens with zero attached hydrogens (tertiary/aromatic N) is 1. The van der Waals surface area contributed by atoms with Gasteiger partial charge in [0.05, 0.1) is 6.10 Å². The van der Waals surface area contributed by atoms with Crippen LogP contribution in [0.4, 0.5) is 0 Å². The van der Waals surface area contributed by atoms with E-state index in [2.05, 4.69) is 12.0 Å². The van der Waals surface area contributed by atoms with E-state index >= 15 is 0 Å². The molecule has 0 radical (unpaired) electrons. The summed E-state index contributed by atoms with van der Waals surface area (Å²) in [6, 6.07) is 0. The van der Waals surface area contributed by atoms with E-state index in [0.717, 1.165) is 25.7 Å². The molecular weight excluding hydrogens is 246 g/mol. The highest BCUT2D eigenvalue weighted by Gasteiger charge is 2.42. The molecule has 0 aromatic carbocycles. The minimum absolute atomic E-state index is 0.222. The Labute approximate surface area is 114 Å². The maximum Gasteiger partial charge on any atom is 0.303 e. The largest absolute Gasteiger partial charge is 0.481 e. The van der Waals surface area contributed by atoms with Gasteiger partial charge in [0, 0.05) is 24.1 Å². The number of aliphatic carboxylic acids is 1. The summed E-state index contributed by atoms with van der Waals surface area (Å²) in [7, 11) is 0. The van der Waals surface area contributed by atoms with Gasteiger partial charge in [-0.25, -0.2) is 0 Å². The van der Waals surface area contributed by atoms with E-state index in [1.54, 1.807) is 13.1 Å². The van der Waals surface area contributed by atoms with Crippen molar-refractivity contribution >= 4 is 12.2 Å². The molecule has 3 unspecified atom stereocenters. The molecule has 0 aromatic heterocycles. The van der Waals surface area contributed by atoms with Gasteiger partial charge in [0.1, 0.15) is 0 Å². The first kappa shape index (κ1) is 17.9. The molecule has 112 valence electrons. The number of hydrogen-bond donors (Lipinski definition) is 4. The number of hydrazone groups is 1. The summed E-state index contributed by atoms with van der Waals surface area (Å²) in [6.45, 7) is 3.73. The van der Waals surface area contributed by atoms with E-state index in [4.69, 9.17) is 16.7 Å². The van der Waals surface area contributed by atoms with Crippen LogP contribution < -0.4 is 11.6 Å². The number of carboxylic acids is 1. The lowest BCUT2D eigenvalue weighted by molar-refractivity contribution is -0.136. The second kappa shape index (κ2) is 8.87. The summed E-state index contributed by atoms with van der Waals surface area (Å²) < 4.78 is 0. The van der Waals surface area contributed by atoms with E-state index in [1.165, 1.54) is 0 Å². The fourth-order valence-electron chi connectivity index (χ4n) is 2.24. The summed E-state index contributed by atoms with van der Waals surface area (Å²) in [4.78, 5) is 9.37. The van der Waals surface area contributed by atoms with E-state index in [0.29, 0.717) is 6.42 Å². The van der Waals surface area contributed by atoms with Gasteiger partial charge in [-0.2, -0.15) is 5.10 Å². The van der Waals surface area contributed by atoms with Crippen LogP contribution in [0.2, 0.25) is 0 Å². The summed E-state index contributed by atoms with van der Waals surface area (Å²) in [6.07, 6.45) is 6.08. The average Bonchev–Trinajstić information content (AvgIpc) is 2.64. The smallest absolute Gasteiger partial charge is 0.303 e. The van der Waals surface area contributed by atoms with Crippen molar-refractivity contribution in [2.45, 2.75) is 64.0 Å². The number of aliphatic hydroxyl groups is 1. The predicted molar refractivity (Wildman–Crippen MR) is 75.8 cm³/mol. The van der Waals surface area contributed by atoms with Gasteiger partial charge in [0.15, 0.2) is 0 Å². The van der Waals surface area contributed by atoms with Crippen LogP contribution in [0.1, 0.15) is 52.4 Å². The molecule has 0 aromatic rings. The molecule has 1 aliphatic rings. The Bertz CT molecular complexity index is 297. The molecule has 19 heavy (non-hydrogen) atoms. The molecule has 0 aliphatic heterocycles. The van der Waals surface area contributed by atoms with Gasteiger partial charge in [0.25, 0.3) is 0 Å². The Morgan fingerprint density at radius 3 is 2.53 bits per heavy atom. The number of carboxylic acid groups (broad SMARTS) is 1. The Morgan fingerprint density at radius 1 is 1.53 bits per heavy atom. The van der Waals surface area contributed by atoms with Crippen molar-refractivity contribution < 1.29 is 15.0 Å². The molecule has 1 aliphatic carbocycles. The van der Waals surface area contributed by atoms with Crippen LogP contribution in [0.3, 0.4) is 0 Å². The Balaban J connectivity index is 0.000000555. The van der Waals surface area contributed by atoms with Gasteiger partial charge >= 0.3 is 5.97 Å². The molecule has 1 rings (SSSR count).